The number of ether oxygens (including phenoxy) is 3. The van der Waals surface area contributed by atoms with E-state index in [4.69, 9.17) is 18.6 Å². The van der Waals surface area contributed by atoms with Crippen LogP contribution >= 0.6 is 0 Å². The molecule has 3 aromatic carbocycles. The fraction of sp³-hybridized carbons (Fsp3) is 0.130. The summed E-state index contributed by atoms with van der Waals surface area (Å²) in [7, 11) is 0. The molecule has 1 amide bonds. The molecule has 2 heterocycles. The zero-order chi connectivity index (χ0) is 20.5. The Morgan fingerprint density at radius 3 is 2.60 bits per heavy atom. The number of para-hydroxylation sites is 3. The Bertz CT molecular complexity index is 1260. The third-order valence-corrected chi connectivity index (χ3v) is 4.78. The van der Waals surface area contributed by atoms with Gasteiger partial charge in [0, 0.05) is 16.5 Å². The molecule has 1 aliphatic heterocycles. The number of hydrogen-bond acceptors (Lipinski definition) is 6. The first kappa shape index (κ1) is 18.1. The standard InChI is InChI=1S/C23H17NO6/c25-22(13-28-23(26)21-12-27-19-7-3-4-8-20(19)30-21)24-14-9-10-18-16(11-14)15-5-1-2-6-17(15)29-18/h1-11,21H,12-13H2,(H,24,25)/t21-/m0/s1. The zero-order valence-electron chi connectivity index (χ0n) is 15.8. The Hall–Kier alpha value is -4.00. The molecule has 1 N–H and O–H groups in total. The van der Waals surface area contributed by atoms with Gasteiger partial charge in [-0.1, -0.05) is 30.3 Å². The Morgan fingerprint density at radius 1 is 0.933 bits per heavy atom. The topological polar surface area (TPSA) is 87.0 Å². The van der Waals surface area contributed by atoms with Crippen LogP contribution in [0.25, 0.3) is 21.9 Å². The molecule has 0 aliphatic carbocycles. The number of furan rings is 1. The lowest BCUT2D eigenvalue weighted by Gasteiger charge is -2.24. The molecule has 0 unspecified atom stereocenters. The van der Waals surface area contributed by atoms with Gasteiger partial charge in [-0.25, -0.2) is 4.79 Å². The summed E-state index contributed by atoms with van der Waals surface area (Å²) < 4.78 is 22.0. The normalized spacial score (nSPS) is 15.1. The SMILES string of the molecule is O=C(COC(=O)[C@@H]1COc2ccccc2O1)Nc1ccc2oc3ccccc3c2c1. The summed E-state index contributed by atoms with van der Waals surface area (Å²) >= 11 is 0. The maximum absolute atomic E-state index is 12.3. The van der Waals surface area contributed by atoms with E-state index in [-0.39, 0.29) is 6.61 Å². The first-order valence-corrected chi connectivity index (χ1v) is 9.44. The second-order valence-corrected chi connectivity index (χ2v) is 6.83. The van der Waals surface area contributed by atoms with Gasteiger partial charge in [-0.15, -0.1) is 0 Å². The molecule has 1 aromatic heterocycles. The molecule has 30 heavy (non-hydrogen) atoms. The van der Waals surface area contributed by atoms with E-state index in [9.17, 15) is 9.59 Å². The van der Waals surface area contributed by atoms with Crippen LogP contribution in [0.5, 0.6) is 11.5 Å². The number of nitrogens with one attached hydrogen (secondary N) is 1. The summed E-state index contributed by atoms with van der Waals surface area (Å²) in [6, 6.07) is 20.1. The average molecular weight is 403 g/mol. The highest BCUT2D eigenvalue weighted by Crippen LogP contribution is 2.32. The lowest BCUT2D eigenvalue weighted by Crippen LogP contribution is -2.39. The molecule has 7 heteroatoms. The quantitative estimate of drug-likeness (QED) is 0.520. The third kappa shape index (κ3) is 3.41. The van der Waals surface area contributed by atoms with Crippen LogP contribution in [-0.4, -0.2) is 31.2 Å². The highest BCUT2D eigenvalue weighted by atomic mass is 16.6. The van der Waals surface area contributed by atoms with Gasteiger partial charge < -0.3 is 23.9 Å². The monoisotopic (exact) mass is 403 g/mol. The summed E-state index contributed by atoms with van der Waals surface area (Å²) in [6.45, 7) is -0.397. The summed E-state index contributed by atoms with van der Waals surface area (Å²) in [5.74, 6) is -0.0687. The van der Waals surface area contributed by atoms with Gasteiger partial charge in [0.15, 0.2) is 18.1 Å². The molecule has 0 radical (unpaired) electrons. The average Bonchev–Trinajstić information content (AvgIpc) is 3.15. The van der Waals surface area contributed by atoms with Gasteiger partial charge in [0.25, 0.3) is 5.91 Å². The minimum absolute atomic E-state index is 0.0295. The first-order chi connectivity index (χ1) is 14.7. The van der Waals surface area contributed by atoms with Crippen molar-refractivity contribution in [1.82, 2.24) is 0 Å². The number of fused-ring (bicyclic) bond motifs is 4. The largest absolute Gasteiger partial charge is 0.485 e. The maximum atomic E-state index is 12.3. The van der Waals surface area contributed by atoms with Crippen molar-refractivity contribution in [3.63, 3.8) is 0 Å². The van der Waals surface area contributed by atoms with Gasteiger partial charge in [-0.05, 0) is 36.4 Å². The van der Waals surface area contributed by atoms with E-state index in [2.05, 4.69) is 5.32 Å². The molecule has 0 bridgehead atoms. The highest BCUT2D eigenvalue weighted by molar-refractivity contribution is 6.07. The van der Waals surface area contributed by atoms with Gasteiger partial charge in [0.05, 0.1) is 0 Å². The van der Waals surface area contributed by atoms with Crippen LogP contribution in [0.2, 0.25) is 0 Å². The molecule has 5 rings (SSSR count). The van der Waals surface area contributed by atoms with E-state index in [1.54, 1.807) is 30.3 Å². The van der Waals surface area contributed by atoms with Crippen molar-refractivity contribution < 1.29 is 28.2 Å². The van der Waals surface area contributed by atoms with Crippen LogP contribution in [-0.2, 0) is 14.3 Å². The van der Waals surface area contributed by atoms with Crippen molar-refractivity contribution >= 4 is 39.5 Å². The number of anilines is 1. The van der Waals surface area contributed by atoms with Crippen molar-refractivity contribution in [2.75, 3.05) is 18.5 Å². The van der Waals surface area contributed by atoms with Crippen LogP contribution in [0, 0.1) is 0 Å². The molecule has 7 nitrogen and oxygen atoms in total. The zero-order valence-corrected chi connectivity index (χ0v) is 15.8. The summed E-state index contributed by atoms with van der Waals surface area (Å²) in [5, 5.41) is 4.59. The van der Waals surface area contributed by atoms with Crippen LogP contribution < -0.4 is 14.8 Å². The minimum atomic E-state index is -0.915. The number of benzene rings is 3. The number of carbonyl (C=O) groups is 2. The van der Waals surface area contributed by atoms with Gasteiger partial charge >= 0.3 is 5.97 Å². The van der Waals surface area contributed by atoms with Crippen molar-refractivity contribution in [2.45, 2.75) is 6.10 Å². The van der Waals surface area contributed by atoms with Crippen molar-refractivity contribution in [3.05, 3.63) is 66.7 Å². The van der Waals surface area contributed by atoms with Gasteiger partial charge in [0.1, 0.15) is 17.8 Å². The Morgan fingerprint density at radius 2 is 1.70 bits per heavy atom. The van der Waals surface area contributed by atoms with E-state index in [0.29, 0.717) is 17.2 Å². The van der Waals surface area contributed by atoms with Gasteiger partial charge in [-0.2, -0.15) is 0 Å². The molecule has 4 aromatic rings. The fourth-order valence-corrected chi connectivity index (χ4v) is 3.37. The Labute approximate surface area is 171 Å². The predicted molar refractivity (Wildman–Crippen MR) is 110 cm³/mol. The smallest absolute Gasteiger partial charge is 0.351 e. The van der Waals surface area contributed by atoms with Crippen molar-refractivity contribution in [2.24, 2.45) is 0 Å². The Balaban J connectivity index is 1.21. The number of esters is 1. The molecule has 1 aliphatic rings. The van der Waals surface area contributed by atoms with Crippen molar-refractivity contribution in [1.29, 1.82) is 0 Å². The first-order valence-electron chi connectivity index (χ1n) is 9.44. The summed E-state index contributed by atoms with van der Waals surface area (Å²) in [4.78, 5) is 24.5. The Kier molecular flexibility index (Phi) is 4.48. The van der Waals surface area contributed by atoms with Gasteiger partial charge in [0.2, 0.25) is 6.10 Å². The highest BCUT2D eigenvalue weighted by Gasteiger charge is 2.29. The predicted octanol–water partition coefficient (Wildman–Crippen LogP) is 3.91. The fourth-order valence-electron chi connectivity index (χ4n) is 3.37. The second-order valence-electron chi connectivity index (χ2n) is 6.83. The van der Waals surface area contributed by atoms with E-state index in [1.807, 2.05) is 36.4 Å². The summed E-state index contributed by atoms with van der Waals surface area (Å²) in [5.41, 5.74) is 2.10. The van der Waals surface area contributed by atoms with Gasteiger partial charge in [-0.3, -0.25) is 4.79 Å². The molecule has 0 spiro atoms. The van der Waals surface area contributed by atoms with Crippen LogP contribution in [0.15, 0.2) is 71.1 Å². The second kappa shape index (κ2) is 7.44. The molecular formula is C23H17NO6. The number of carbonyl (C=O) groups excluding carboxylic acids is 2. The van der Waals surface area contributed by atoms with Crippen molar-refractivity contribution in [3.8, 4) is 11.5 Å². The minimum Gasteiger partial charge on any atom is -0.485 e. The van der Waals surface area contributed by atoms with Crippen LogP contribution in [0.3, 0.4) is 0 Å². The maximum Gasteiger partial charge on any atom is 0.351 e. The number of hydrogen-bond donors (Lipinski definition) is 1. The molecule has 0 fully saturated rings. The number of rotatable bonds is 4. The third-order valence-electron chi connectivity index (χ3n) is 4.78. The number of amides is 1. The van der Waals surface area contributed by atoms with Crippen LogP contribution in [0.1, 0.15) is 0 Å². The molecular weight excluding hydrogens is 386 g/mol. The molecule has 150 valence electrons. The van der Waals surface area contributed by atoms with Crippen LogP contribution in [0.4, 0.5) is 5.69 Å². The van der Waals surface area contributed by atoms with E-state index < -0.39 is 24.6 Å². The van der Waals surface area contributed by atoms with E-state index in [1.165, 1.54) is 0 Å². The molecule has 0 saturated heterocycles. The molecule has 0 saturated carbocycles. The lowest BCUT2D eigenvalue weighted by molar-refractivity contribution is -0.156. The van der Waals surface area contributed by atoms with E-state index >= 15 is 0 Å². The van der Waals surface area contributed by atoms with E-state index in [0.717, 1.165) is 21.9 Å². The lowest BCUT2D eigenvalue weighted by atomic mass is 10.1. The summed E-state index contributed by atoms with van der Waals surface area (Å²) in [6.07, 6.45) is -0.915. The molecule has 1 atom stereocenters.